The molecular weight excluding hydrogens is 272 g/mol. The highest BCUT2D eigenvalue weighted by Gasteiger charge is 2.30. The van der Waals surface area contributed by atoms with Crippen molar-refractivity contribution in [1.29, 1.82) is 0 Å². The third-order valence-corrected chi connectivity index (χ3v) is 3.85. The fourth-order valence-corrected chi connectivity index (χ4v) is 2.74. The molecule has 0 saturated heterocycles. The van der Waals surface area contributed by atoms with E-state index >= 15 is 0 Å². The van der Waals surface area contributed by atoms with Gasteiger partial charge in [-0.1, -0.05) is 12.1 Å². The molecule has 1 aromatic heterocycles. The van der Waals surface area contributed by atoms with Crippen molar-refractivity contribution in [3.8, 4) is 11.4 Å². The standard InChI is InChI=1S/C16H13F2N3/c17-10-3-1-5-12(19)14(10)16-20-15-11(18)4-2-6-13(15)21(16)9-7-8-9/h1-6,9H,7-8,19H2. The maximum atomic E-state index is 14.2. The highest BCUT2D eigenvalue weighted by molar-refractivity contribution is 5.84. The number of nitrogen functional groups attached to an aromatic ring is 1. The van der Waals surface area contributed by atoms with E-state index in [0.717, 1.165) is 12.8 Å². The van der Waals surface area contributed by atoms with E-state index in [-0.39, 0.29) is 17.1 Å². The van der Waals surface area contributed by atoms with E-state index in [4.69, 9.17) is 5.73 Å². The molecule has 2 aromatic carbocycles. The molecule has 1 heterocycles. The number of halogens is 2. The summed E-state index contributed by atoms with van der Waals surface area (Å²) < 4.78 is 30.1. The Hall–Kier alpha value is -2.43. The lowest BCUT2D eigenvalue weighted by Gasteiger charge is -2.10. The number of benzene rings is 2. The molecule has 5 heteroatoms. The van der Waals surface area contributed by atoms with Crippen LogP contribution in [0.3, 0.4) is 0 Å². The van der Waals surface area contributed by atoms with Crippen LogP contribution < -0.4 is 5.73 Å². The molecule has 1 saturated carbocycles. The van der Waals surface area contributed by atoms with Crippen molar-refractivity contribution in [2.75, 3.05) is 5.73 Å². The van der Waals surface area contributed by atoms with Gasteiger partial charge < -0.3 is 10.3 Å². The molecule has 0 aliphatic heterocycles. The van der Waals surface area contributed by atoms with Gasteiger partial charge in [-0.3, -0.25) is 0 Å². The van der Waals surface area contributed by atoms with Crippen molar-refractivity contribution in [2.24, 2.45) is 0 Å². The summed E-state index contributed by atoms with van der Waals surface area (Å²) in [6.45, 7) is 0. The van der Waals surface area contributed by atoms with E-state index < -0.39 is 11.6 Å². The Bertz CT molecular complexity index is 830. The number of para-hydroxylation sites is 1. The van der Waals surface area contributed by atoms with Gasteiger partial charge >= 0.3 is 0 Å². The van der Waals surface area contributed by atoms with Crippen molar-refractivity contribution in [3.63, 3.8) is 0 Å². The smallest absolute Gasteiger partial charge is 0.151 e. The first kappa shape index (κ1) is 12.3. The Morgan fingerprint density at radius 2 is 1.76 bits per heavy atom. The van der Waals surface area contributed by atoms with Crippen molar-refractivity contribution in [2.45, 2.75) is 18.9 Å². The van der Waals surface area contributed by atoms with Crippen LogP contribution in [0, 0.1) is 11.6 Å². The summed E-state index contributed by atoms with van der Waals surface area (Å²) in [5.74, 6) is -0.427. The molecule has 3 nitrogen and oxygen atoms in total. The van der Waals surface area contributed by atoms with Crippen molar-refractivity contribution in [1.82, 2.24) is 9.55 Å². The van der Waals surface area contributed by atoms with Gasteiger partial charge in [-0.25, -0.2) is 13.8 Å². The van der Waals surface area contributed by atoms with Crippen molar-refractivity contribution in [3.05, 3.63) is 48.0 Å². The van der Waals surface area contributed by atoms with Gasteiger partial charge in [0.1, 0.15) is 17.2 Å². The van der Waals surface area contributed by atoms with E-state index in [9.17, 15) is 8.78 Å². The summed E-state index contributed by atoms with van der Waals surface area (Å²) >= 11 is 0. The van der Waals surface area contributed by atoms with Gasteiger partial charge in [-0.2, -0.15) is 0 Å². The van der Waals surface area contributed by atoms with Crippen LogP contribution in [0.25, 0.3) is 22.4 Å². The fourth-order valence-electron chi connectivity index (χ4n) is 2.74. The highest BCUT2D eigenvalue weighted by atomic mass is 19.1. The fraction of sp³-hybridized carbons (Fsp3) is 0.188. The molecule has 0 atom stereocenters. The number of rotatable bonds is 2. The lowest BCUT2D eigenvalue weighted by atomic mass is 10.1. The summed E-state index contributed by atoms with van der Waals surface area (Å²) in [4.78, 5) is 4.33. The van der Waals surface area contributed by atoms with Crippen LogP contribution in [0.2, 0.25) is 0 Å². The Morgan fingerprint density at radius 3 is 2.48 bits per heavy atom. The van der Waals surface area contributed by atoms with E-state index in [1.165, 1.54) is 12.1 Å². The molecule has 1 aliphatic carbocycles. The van der Waals surface area contributed by atoms with Crippen LogP contribution in [0.5, 0.6) is 0 Å². The number of hydrogen-bond acceptors (Lipinski definition) is 2. The number of nitrogens with zero attached hydrogens (tertiary/aromatic N) is 2. The SMILES string of the molecule is Nc1cccc(F)c1-c1nc2c(F)cccc2n1C1CC1. The van der Waals surface area contributed by atoms with Crippen LogP contribution in [-0.2, 0) is 0 Å². The topological polar surface area (TPSA) is 43.8 Å². The predicted molar refractivity (Wildman–Crippen MR) is 77.8 cm³/mol. The molecule has 0 spiro atoms. The zero-order valence-corrected chi connectivity index (χ0v) is 11.2. The van der Waals surface area contributed by atoms with E-state index in [1.54, 1.807) is 18.2 Å². The summed E-state index contributed by atoms with van der Waals surface area (Å²) in [7, 11) is 0. The minimum atomic E-state index is -0.437. The summed E-state index contributed by atoms with van der Waals surface area (Å²) in [6.07, 6.45) is 1.98. The van der Waals surface area contributed by atoms with Crippen LogP contribution in [0.1, 0.15) is 18.9 Å². The quantitative estimate of drug-likeness (QED) is 0.726. The Morgan fingerprint density at radius 1 is 1.05 bits per heavy atom. The van der Waals surface area contributed by atoms with Crippen LogP contribution in [0.15, 0.2) is 36.4 Å². The largest absolute Gasteiger partial charge is 0.398 e. The van der Waals surface area contributed by atoms with Gasteiger partial charge in [0.25, 0.3) is 0 Å². The molecule has 21 heavy (non-hydrogen) atoms. The molecule has 0 radical (unpaired) electrons. The minimum Gasteiger partial charge on any atom is -0.398 e. The van der Waals surface area contributed by atoms with Crippen molar-refractivity contribution >= 4 is 16.7 Å². The Labute approximate surface area is 120 Å². The normalized spacial score (nSPS) is 14.8. The summed E-state index contributed by atoms with van der Waals surface area (Å²) in [5.41, 5.74) is 7.43. The summed E-state index contributed by atoms with van der Waals surface area (Å²) in [6, 6.07) is 9.59. The van der Waals surface area contributed by atoms with E-state index in [0.29, 0.717) is 17.0 Å². The zero-order valence-electron chi connectivity index (χ0n) is 11.2. The lowest BCUT2D eigenvalue weighted by molar-refractivity contribution is 0.628. The first-order valence-electron chi connectivity index (χ1n) is 6.87. The second-order valence-corrected chi connectivity index (χ2v) is 5.35. The third-order valence-electron chi connectivity index (χ3n) is 3.85. The first-order chi connectivity index (χ1) is 10.2. The first-order valence-corrected chi connectivity index (χ1v) is 6.87. The number of hydrogen-bond donors (Lipinski definition) is 1. The second kappa shape index (κ2) is 4.28. The van der Waals surface area contributed by atoms with Gasteiger partial charge in [0, 0.05) is 11.7 Å². The predicted octanol–water partition coefficient (Wildman–Crippen LogP) is 3.90. The van der Waals surface area contributed by atoms with Gasteiger partial charge in [-0.15, -0.1) is 0 Å². The number of aromatic nitrogens is 2. The number of imidazole rings is 1. The number of anilines is 1. The molecule has 2 N–H and O–H groups in total. The number of nitrogens with two attached hydrogens (primary N) is 1. The van der Waals surface area contributed by atoms with E-state index in [1.807, 2.05) is 10.6 Å². The molecule has 0 bridgehead atoms. The molecule has 0 amide bonds. The molecule has 4 rings (SSSR count). The Balaban J connectivity index is 2.09. The maximum Gasteiger partial charge on any atom is 0.151 e. The van der Waals surface area contributed by atoms with Crippen LogP contribution in [-0.4, -0.2) is 9.55 Å². The Kier molecular flexibility index (Phi) is 2.51. The van der Waals surface area contributed by atoms with E-state index in [2.05, 4.69) is 4.98 Å². The van der Waals surface area contributed by atoms with Crippen LogP contribution >= 0.6 is 0 Å². The second-order valence-electron chi connectivity index (χ2n) is 5.35. The molecule has 106 valence electrons. The average molecular weight is 285 g/mol. The molecule has 1 aliphatic rings. The molecular formula is C16H13F2N3. The minimum absolute atomic E-state index is 0.241. The van der Waals surface area contributed by atoms with Gasteiger partial charge in [0.15, 0.2) is 5.82 Å². The van der Waals surface area contributed by atoms with Gasteiger partial charge in [0.05, 0.1) is 11.1 Å². The zero-order chi connectivity index (χ0) is 14.6. The molecule has 0 unspecified atom stereocenters. The average Bonchev–Trinajstić information content (AvgIpc) is 3.21. The molecule has 1 fully saturated rings. The van der Waals surface area contributed by atoms with Gasteiger partial charge in [-0.05, 0) is 37.1 Å². The lowest BCUT2D eigenvalue weighted by Crippen LogP contribution is -2.02. The highest BCUT2D eigenvalue weighted by Crippen LogP contribution is 2.43. The van der Waals surface area contributed by atoms with Crippen molar-refractivity contribution < 1.29 is 8.78 Å². The third kappa shape index (κ3) is 1.81. The molecule has 3 aromatic rings. The van der Waals surface area contributed by atoms with Gasteiger partial charge in [0.2, 0.25) is 0 Å². The monoisotopic (exact) mass is 285 g/mol. The number of fused-ring (bicyclic) bond motifs is 1. The van der Waals surface area contributed by atoms with Crippen LogP contribution in [0.4, 0.5) is 14.5 Å². The maximum absolute atomic E-state index is 14.2. The summed E-state index contributed by atoms with van der Waals surface area (Å²) in [5, 5.41) is 0.